The van der Waals surface area contributed by atoms with Gasteiger partial charge in [-0.15, -0.1) is 0 Å². The Bertz CT molecular complexity index is 378. The molecule has 0 heterocycles. The summed E-state index contributed by atoms with van der Waals surface area (Å²) >= 11 is 3.44. The highest BCUT2D eigenvalue weighted by Gasteiger charge is 2.15. The van der Waals surface area contributed by atoms with Crippen molar-refractivity contribution in [1.82, 2.24) is 5.32 Å². The lowest BCUT2D eigenvalue weighted by Crippen LogP contribution is -2.26. The van der Waals surface area contributed by atoms with Crippen molar-refractivity contribution < 1.29 is 14.3 Å². The van der Waals surface area contributed by atoms with Gasteiger partial charge in [0.2, 0.25) is 0 Å². The summed E-state index contributed by atoms with van der Waals surface area (Å²) in [6, 6.07) is 3.79. The van der Waals surface area contributed by atoms with Crippen LogP contribution in [0, 0.1) is 5.82 Å². The molecule has 1 aromatic carbocycles. The Kier molecular flexibility index (Phi) is 5.41. The monoisotopic (exact) mass is 303 g/mol. The molecule has 0 spiro atoms. The maximum atomic E-state index is 13.3. The predicted molar refractivity (Wildman–Crippen MR) is 68.0 cm³/mol. The lowest BCUT2D eigenvalue weighted by Gasteiger charge is -2.09. The van der Waals surface area contributed by atoms with Crippen molar-refractivity contribution in [2.45, 2.75) is 24.6 Å². The van der Waals surface area contributed by atoms with Crippen LogP contribution in [0.25, 0.3) is 0 Å². The number of nitrogens with one attached hydrogen (secondary N) is 1. The second-order valence-corrected chi connectivity index (χ2v) is 4.98. The van der Waals surface area contributed by atoms with Crippen LogP contribution in [0.3, 0.4) is 0 Å². The van der Waals surface area contributed by atoms with Gasteiger partial charge in [0.1, 0.15) is 17.1 Å². The highest BCUT2D eigenvalue weighted by Crippen LogP contribution is 2.19. The van der Waals surface area contributed by atoms with E-state index < -0.39 is 11.7 Å². The molecule has 2 N–H and O–H groups in total. The highest BCUT2D eigenvalue weighted by molar-refractivity contribution is 9.09. The summed E-state index contributed by atoms with van der Waals surface area (Å²) in [6.07, 6.45) is 1.72. The number of aromatic hydroxyl groups is 1. The molecule has 1 aromatic rings. The van der Waals surface area contributed by atoms with E-state index in [2.05, 4.69) is 21.2 Å². The predicted octanol–water partition coefficient (Wildman–Crippen LogP) is 2.82. The minimum absolute atomic E-state index is 0.296. The number of halogens is 2. The van der Waals surface area contributed by atoms with Gasteiger partial charge in [-0.25, -0.2) is 4.39 Å². The summed E-state index contributed by atoms with van der Waals surface area (Å²) in [7, 11) is 0. The van der Waals surface area contributed by atoms with E-state index in [9.17, 15) is 14.3 Å². The molecule has 0 radical (unpaired) electrons. The second-order valence-electron chi connectivity index (χ2n) is 3.68. The van der Waals surface area contributed by atoms with Crippen molar-refractivity contribution in [3.05, 3.63) is 29.6 Å². The average Bonchev–Trinajstić information content (AvgIpc) is 2.28. The molecule has 1 unspecified atom stereocenters. The summed E-state index contributed by atoms with van der Waals surface area (Å²) in [4.78, 5) is 12.0. The highest BCUT2D eigenvalue weighted by atomic mass is 79.9. The Balaban J connectivity index is 2.59. The average molecular weight is 304 g/mol. The van der Waals surface area contributed by atoms with Gasteiger partial charge in [0, 0.05) is 11.4 Å². The number of phenolic OH excluding ortho intramolecular Hbond substituents is 1. The summed E-state index contributed by atoms with van der Waals surface area (Å²) in [5.74, 6) is -1.64. The molecule has 1 atom stereocenters. The Morgan fingerprint density at radius 2 is 2.29 bits per heavy atom. The number of benzene rings is 1. The van der Waals surface area contributed by atoms with Crippen LogP contribution in [-0.2, 0) is 0 Å². The Morgan fingerprint density at radius 3 is 2.88 bits per heavy atom. The van der Waals surface area contributed by atoms with Gasteiger partial charge in [0.05, 0.1) is 0 Å². The number of rotatable bonds is 5. The smallest absolute Gasteiger partial charge is 0.258 e. The fraction of sp³-hybridized carbons (Fsp3) is 0.417. The van der Waals surface area contributed by atoms with E-state index in [-0.39, 0.29) is 11.3 Å². The molecule has 1 rings (SSSR count). The third-order valence-corrected chi connectivity index (χ3v) is 3.51. The van der Waals surface area contributed by atoms with Crippen LogP contribution in [0.5, 0.6) is 5.75 Å². The van der Waals surface area contributed by atoms with E-state index in [4.69, 9.17) is 0 Å². The first kappa shape index (κ1) is 14.0. The summed E-state index contributed by atoms with van der Waals surface area (Å²) < 4.78 is 13.3. The molecule has 0 saturated carbocycles. The quantitative estimate of drug-likeness (QED) is 0.822. The van der Waals surface area contributed by atoms with Crippen molar-refractivity contribution in [3.8, 4) is 5.75 Å². The normalized spacial score (nSPS) is 12.2. The molecule has 5 heteroatoms. The lowest BCUT2D eigenvalue weighted by atomic mass is 10.1. The van der Waals surface area contributed by atoms with Crippen molar-refractivity contribution >= 4 is 21.8 Å². The maximum absolute atomic E-state index is 13.3. The molecule has 0 aliphatic rings. The van der Waals surface area contributed by atoms with Gasteiger partial charge in [-0.1, -0.05) is 28.9 Å². The largest absolute Gasteiger partial charge is 0.507 e. The zero-order valence-electron chi connectivity index (χ0n) is 9.54. The van der Waals surface area contributed by atoms with Gasteiger partial charge in [-0.2, -0.15) is 0 Å². The molecular weight excluding hydrogens is 289 g/mol. The summed E-state index contributed by atoms with van der Waals surface area (Å²) in [5.41, 5.74) is -0.296. The van der Waals surface area contributed by atoms with Gasteiger partial charge in [-0.3, -0.25) is 4.79 Å². The third-order valence-electron chi connectivity index (χ3n) is 2.40. The molecule has 0 aliphatic carbocycles. The van der Waals surface area contributed by atoms with Crippen LogP contribution in [0.2, 0.25) is 0 Å². The van der Waals surface area contributed by atoms with Crippen LogP contribution in [0.4, 0.5) is 4.39 Å². The number of amides is 1. The van der Waals surface area contributed by atoms with E-state index in [1.807, 2.05) is 6.92 Å². The van der Waals surface area contributed by atoms with Crippen LogP contribution in [0.15, 0.2) is 18.2 Å². The fourth-order valence-electron chi connectivity index (χ4n) is 1.37. The molecule has 17 heavy (non-hydrogen) atoms. The van der Waals surface area contributed by atoms with E-state index in [0.717, 1.165) is 18.9 Å². The maximum Gasteiger partial charge on any atom is 0.258 e. The van der Waals surface area contributed by atoms with Gasteiger partial charge in [0.25, 0.3) is 5.91 Å². The zero-order chi connectivity index (χ0) is 12.8. The van der Waals surface area contributed by atoms with E-state index in [0.29, 0.717) is 11.4 Å². The number of phenols is 1. The lowest BCUT2D eigenvalue weighted by molar-refractivity contribution is 0.0946. The van der Waals surface area contributed by atoms with Gasteiger partial charge < -0.3 is 10.4 Å². The van der Waals surface area contributed by atoms with Gasteiger partial charge >= 0.3 is 0 Å². The number of hydrogen-bond donors (Lipinski definition) is 2. The Morgan fingerprint density at radius 1 is 1.59 bits per heavy atom. The van der Waals surface area contributed by atoms with E-state index in [1.54, 1.807) is 0 Å². The van der Waals surface area contributed by atoms with Crippen LogP contribution < -0.4 is 5.32 Å². The van der Waals surface area contributed by atoms with Crippen molar-refractivity contribution in [2.75, 3.05) is 6.54 Å². The van der Waals surface area contributed by atoms with Gasteiger partial charge in [-0.05, 0) is 25.0 Å². The first-order chi connectivity index (χ1) is 8.06. The van der Waals surface area contributed by atoms with Crippen LogP contribution >= 0.6 is 15.9 Å². The van der Waals surface area contributed by atoms with Crippen molar-refractivity contribution in [1.29, 1.82) is 0 Å². The molecule has 0 bridgehead atoms. The zero-order valence-corrected chi connectivity index (χ0v) is 11.1. The standard InChI is InChI=1S/C12H15BrFNO2/c1-2-8(13)6-7-15-12(17)11-9(14)4-3-5-10(11)16/h3-5,8,16H,2,6-7H2,1H3,(H,15,17). The molecular formula is C12H15BrFNO2. The van der Waals surface area contributed by atoms with Gasteiger partial charge in [0.15, 0.2) is 0 Å². The van der Waals surface area contributed by atoms with Crippen molar-refractivity contribution in [3.63, 3.8) is 0 Å². The number of carbonyl (C=O) groups is 1. The van der Waals surface area contributed by atoms with E-state index >= 15 is 0 Å². The Hall–Kier alpha value is -1.10. The topological polar surface area (TPSA) is 49.3 Å². The number of alkyl halides is 1. The molecule has 0 fully saturated rings. The number of hydrogen-bond acceptors (Lipinski definition) is 2. The fourth-order valence-corrected chi connectivity index (χ4v) is 1.60. The minimum Gasteiger partial charge on any atom is -0.507 e. The van der Waals surface area contributed by atoms with Crippen LogP contribution in [0.1, 0.15) is 30.1 Å². The Labute approximate surface area is 108 Å². The second kappa shape index (κ2) is 6.59. The molecule has 0 aliphatic heterocycles. The number of carbonyl (C=O) groups excluding carboxylic acids is 1. The summed E-state index contributed by atoms with van der Waals surface area (Å²) in [6.45, 7) is 2.47. The summed E-state index contributed by atoms with van der Waals surface area (Å²) in [5, 5.41) is 12.0. The third kappa shape index (κ3) is 4.00. The molecule has 0 aromatic heterocycles. The molecule has 1 amide bonds. The first-order valence-electron chi connectivity index (χ1n) is 5.46. The van der Waals surface area contributed by atoms with Crippen molar-refractivity contribution in [2.24, 2.45) is 0 Å². The first-order valence-corrected chi connectivity index (χ1v) is 6.37. The van der Waals surface area contributed by atoms with Crippen LogP contribution in [-0.4, -0.2) is 22.4 Å². The van der Waals surface area contributed by atoms with E-state index in [1.165, 1.54) is 12.1 Å². The SMILES string of the molecule is CCC(Br)CCNC(=O)c1c(O)cccc1F. The molecule has 94 valence electrons. The molecule has 0 saturated heterocycles. The minimum atomic E-state index is -0.714. The molecule has 3 nitrogen and oxygen atoms in total.